The number of rotatable bonds is 5. The normalized spacial score (nSPS) is 19.8. The van der Waals surface area contributed by atoms with E-state index in [-0.39, 0.29) is 5.41 Å². The summed E-state index contributed by atoms with van der Waals surface area (Å²) < 4.78 is 24.4. The largest absolute Gasteiger partial charge is 0.355 e. The van der Waals surface area contributed by atoms with Crippen molar-refractivity contribution in [1.82, 2.24) is 14.3 Å². The maximum absolute atomic E-state index is 11.5. The van der Waals surface area contributed by atoms with E-state index in [0.717, 1.165) is 42.7 Å². The highest BCUT2D eigenvalue weighted by Crippen LogP contribution is 2.56. The maximum atomic E-state index is 11.5. The molecule has 8 heteroatoms. The highest BCUT2D eigenvalue weighted by Gasteiger charge is 2.54. The van der Waals surface area contributed by atoms with E-state index in [1.165, 1.54) is 15.4 Å². The van der Waals surface area contributed by atoms with E-state index in [2.05, 4.69) is 40.8 Å². The summed E-state index contributed by atoms with van der Waals surface area (Å²) in [6, 6.07) is 4.27. The van der Waals surface area contributed by atoms with E-state index in [9.17, 15) is 8.42 Å². The predicted octanol–water partition coefficient (Wildman–Crippen LogP) is 1.60. The third-order valence-corrected chi connectivity index (χ3v) is 7.14. The molecule has 1 aromatic heterocycles. The molecule has 0 radical (unpaired) electrons. The van der Waals surface area contributed by atoms with Gasteiger partial charge in [0.2, 0.25) is 0 Å². The summed E-state index contributed by atoms with van der Waals surface area (Å²) in [6.45, 7) is 6.50. The molecule has 7 nitrogen and oxygen atoms in total. The average Bonchev–Trinajstić information content (AvgIpc) is 3.27. The van der Waals surface area contributed by atoms with E-state index in [1.807, 2.05) is 0 Å². The quantitative estimate of drug-likeness (QED) is 0.857. The fraction of sp³-hybridized carbons (Fsp3) is 0.556. The van der Waals surface area contributed by atoms with Gasteiger partial charge < -0.3 is 4.90 Å². The Bertz CT molecular complexity index is 965. The summed E-state index contributed by atoms with van der Waals surface area (Å²) in [4.78, 5) is 11.2. The van der Waals surface area contributed by atoms with Gasteiger partial charge >= 0.3 is 0 Å². The molecular weight excluding hydrogens is 350 g/mol. The number of hydrogen-bond acceptors (Lipinski definition) is 5. The standard InChI is InChI=1S/C18H25N5O2S/c1-12-6-15-16(7-13(12)2)20-11-21-17(15)23-8-14(9-23)18(4-5-18)10-22(3)26(19,24)25/h6-7,11,14H,4-5,8-10H2,1-3H3,(H2,19,24,25). The number of benzene rings is 1. The van der Waals surface area contributed by atoms with Gasteiger partial charge in [0.05, 0.1) is 5.52 Å². The minimum absolute atomic E-state index is 0.0764. The van der Waals surface area contributed by atoms with Crippen molar-refractivity contribution in [3.8, 4) is 0 Å². The van der Waals surface area contributed by atoms with E-state index < -0.39 is 10.2 Å². The van der Waals surface area contributed by atoms with Gasteiger partial charge in [0.1, 0.15) is 12.1 Å². The Balaban J connectivity index is 1.52. The Kier molecular flexibility index (Phi) is 3.98. The second-order valence-corrected chi connectivity index (χ2v) is 9.57. The van der Waals surface area contributed by atoms with Gasteiger partial charge in [-0.05, 0) is 55.4 Å². The summed E-state index contributed by atoms with van der Waals surface area (Å²) in [5.74, 6) is 1.45. The molecule has 1 aliphatic heterocycles. The Labute approximate surface area is 154 Å². The van der Waals surface area contributed by atoms with Crippen LogP contribution in [0.15, 0.2) is 18.5 Å². The maximum Gasteiger partial charge on any atom is 0.276 e. The van der Waals surface area contributed by atoms with Crippen molar-refractivity contribution in [3.63, 3.8) is 0 Å². The zero-order chi connectivity index (χ0) is 18.7. The molecule has 2 fully saturated rings. The zero-order valence-electron chi connectivity index (χ0n) is 15.4. The first kappa shape index (κ1) is 17.6. The monoisotopic (exact) mass is 375 g/mol. The van der Waals surface area contributed by atoms with Gasteiger partial charge in [0.25, 0.3) is 10.2 Å². The Hall–Kier alpha value is -1.77. The lowest BCUT2D eigenvalue weighted by molar-refractivity contribution is 0.213. The van der Waals surface area contributed by atoms with E-state index in [1.54, 1.807) is 13.4 Å². The number of aromatic nitrogens is 2. The third-order valence-electron chi connectivity index (χ3n) is 6.14. The number of anilines is 1. The topological polar surface area (TPSA) is 92.4 Å². The van der Waals surface area contributed by atoms with Crippen molar-refractivity contribution in [3.05, 3.63) is 29.6 Å². The molecule has 4 rings (SSSR count). The molecule has 0 atom stereocenters. The van der Waals surface area contributed by atoms with Crippen LogP contribution in [-0.4, -0.2) is 49.4 Å². The van der Waals surface area contributed by atoms with Gasteiger partial charge in [0.15, 0.2) is 0 Å². The molecule has 1 aromatic carbocycles. The van der Waals surface area contributed by atoms with Gasteiger partial charge in [0, 0.05) is 38.0 Å². The predicted molar refractivity (Wildman–Crippen MR) is 102 cm³/mol. The number of aryl methyl sites for hydroxylation is 2. The van der Waals surface area contributed by atoms with Crippen LogP contribution in [0.5, 0.6) is 0 Å². The van der Waals surface area contributed by atoms with Crippen molar-refractivity contribution in [2.45, 2.75) is 26.7 Å². The molecule has 26 heavy (non-hydrogen) atoms. The lowest BCUT2D eigenvalue weighted by atomic mass is 9.82. The summed E-state index contributed by atoms with van der Waals surface area (Å²) in [6.07, 6.45) is 3.75. The van der Waals surface area contributed by atoms with Crippen LogP contribution in [0.4, 0.5) is 5.82 Å². The minimum atomic E-state index is -3.62. The molecule has 0 bridgehead atoms. The Morgan fingerprint density at radius 2 is 1.88 bits per heavy atom. The number of hydrogen-bond donors (Lipinski definition) is 1. The first-order valence-corrected chi connectivity index (χ1v) is 10.4. The van der Waals surface area contributed by atoms with Crippen LogP contribution in [0.2, 0.25) is 0 Å². The van der Waals surface area contributed by atoms with Crippen molar-refractivity contribution in [2.75, 3.05) is 31.6 Å². The fourth-order valence-electron chi connectivity index (χ4n) is 3.98. The summed E-state index contributed by atoms with van der Waals surface area (Å²) in [5.41, 5.74) is 3.51. The van der Waals surface area contributed by atoms with Gasteiger partial charge in [-0.3, -0.25) is 0 Å². The number of fused-ring (bicyclic) bond motifs is 1. The second kappa shape index (κ2) is 5.87. The molecule has 2 heterocycles. The van der Waals surface area contributed by atoms with Crippen LogP contribution in [0.25, 0.3) is 10.9 Å². The SMILES string of the molecule is Cc1cc2ncnc(N3CC(C4(CN(C)S(N)(=O)=O)CC4)C3)c2cc1C. The molecule has 1 saturated heterocycles. The number of nitrogens with two attached hydrogens (primary N) is 1. The van der Waals surface area contributed by atoms with Crippen LogP contribution in [0.1, 0.15) is 24.0 Å². The van der Waals surface area contributed by atoms with Crippen LogP contribution in [-0.2, 0) is 10.2 Å². The smallest absolute Gasteiger partial charge is 0.276 e. The van der Waals surface area contributed by atoms with Crippen molar-refractivity contribution in [1.29, 1.82) is 0 Å². The van der Waals surface area contributed by atoms with Gasteiger partial charge in [-0.2, -0.15) is 12.7 Å². The molecular formula is C18H25N5O2S. The highest BCUT2D eigenvalue weighted by atomic mass is 32.2. The van der Waals surface area contributed by atoms with Gasteiger partial charge in [-0.25, -0.2) is 15.1 Å². The molecule has 140 valence electrons. The Morgan fingerprint density at radius 3 is 2.50 bits per heavy atom. The van der Waals surface area contributed by atoms with Crippen LogP contribution < -0.4 is 10.0 Å². The van der Waals surface area contributed by atoms with Crippen molar-refractivity contribution in [2.24, 2.45) is 16.5 Å². The van der Waals surface area contributed by atoms with Gasteiger partial charge in [-0.15, -0.1) is 0 Å². The van der Waals surface area contributed by atoms with E-state index >= 15 is 0 Å². The molecule has 1 saturated carbocycles. The van der Waals surface area contributed by atoms with Crippen LogP contribution >= 0.6 is 0 Å². The lowest BCUT2D eigenvalue weighted by Gasteiger charge is -2.45. The first-order valence-electron chi connectivity index (χ1n) is 8.91. The van der Waals surface area contributed by atoms with E-state index in [4.69, 9.17) is 5.14 Å². The van der Waals surface area contributed by atoms with E-state index in [0.29, 0.717) is 12.5 Å². The van der Waals surface area contributed by atoms with Crippen LogP contribution in [0.3, 0.4) is 0 Å². The number of nitrogens with zero attached hydrogens (tertiary/aromatic N) is 4. The molecule has 2 aliphatic rings. The highest BCUT2D eigenvalue weighted by molar-refractivity contribution is 7.86. The minimum Gasteiger partial charge on any atom is -0.355 e. The first-order chi connectivity index (χ1) is 12.2. The molecule has 0 spiro atoms. The summed E-state index contributed by atoms with van der Waals surface area (Å²) in [5, 5.41) is 6.34. The molecule has 0 amide bonds. The molecule has 2 aromatic rings. The zero-order valence-corrected chi connectivity index (χ0v) is 16.3. The van der Waals surface area contributed by atoms with Crippen molar-refractivity contribution >= 4 is 26.9 Å². The average molecular weight is 375 g/mol. The summed E-state index contributed by atoms with van der Waals surface area (Å²) in [7, 11) is -2.05. The summed E-state index contributed by atoms with van der Waals surface area (Å²) >= 11 is 0. The van der Waals surface area contributed by atoms with Crippen LogP contribution in [0, 0.1) is 25.2 Å². The van der Waals surface area contributed by atoms with Crippen molar-refractivity contribution < 1.29 is 8.42 Å². The second-order valence-electron chi connectivity index (χ2n) is 7.92. The Morgan fingerprint density at radius 1 is 1.23 bits per heavy atom. The fourth-order valence-corrected chi connectivity index (χ4v) is 4.42. The lowest BCUT2D eigenvalue weighted by Crippen LogP contribution is -2.54. The molecule has 0 unspecified atom stereocenters. The molecule has 2 N–H and O–H groups in total. The third kappa shape index (κ3) is 2.95. The van der Waals surface area contributed by atoms with Gasteiger partial charge in [-0.1, -0.05) is 0 Å². The molecule has 1 aliphatic carbocycles.